The summed E-state index contributed by atoms with van der Waals surface area (Å²) in [5, 5.41) is 0. The third-order valence-electron chi connectivity index (χ3n) is 1.38. The molecule has 13 heavy (non-hydrogen) atoms. The van der Waals surface area contributed by atoms with Crippen molar-refractivity contribution in [1.82, 2.24) is 4.98 Å². The van der Waals surface area contributed by atoms with Crippen LogP contribution >= 0.6 is 34.2 Å². The third-order valence-corrected chi connectivity index (χ3v) is 2.53. The number of alkyl halides is 3. The lowest BCUT2D eigenvalue weighted by Gasteiger charge is -2.04. The first-order chi connectivity index (χ1) is 6.06. The molecule has 6 heteroatoms. The van der Waals surface area contributed by atoms with E-state index in [1.165, 1.54) is 6.07 Å². The maximum Gasteiger partial charge on any atom is 0.281 e. The zero-order valence-electron chi connectivity index (χ0n) is 6.20. The van der Waals surface area contributed by atoms with Gasteiger partial charge in [0, 0.05) is 9.13 Å². The van der Waals surface area contributed by atoms with Crippen molar-refractivity contribution in [2.75, 3.05) is 0 Å². The summed E-state index contributed by atoms with van der Waals surface area (Å²) in [6, 6.07) is 1.28. The molecule has 0 atom stereocenters. The van der Waals surface area contributed by atoms with Crippen molar-refractivity contribution in [1.29, 1.82) is 0 Å². The van der Waals surface area contributed by atoms with E-state index in [0.717, 1.165) is 0 Å². The van der Waals surface area contributed by atoms with Gasteiger partial charge in [-0.2, -0.15) is 4.39 Å². The molecule has 0 radical (unpaired) electrons. The van der Waals surface area contributed by atoms with Crippen molar-refractivity contribution in [2.45, 2.75) is 12.3 Å². The average Bonchev–Trinajstić information content (AvgIpc) is 2.07. The lowest BCUT2D eigenvalue weighted by molar-refractivity contribution is 0.143. The number of pyridine rings is 1. The highest BCUT2D eigenvalue weighted by Gasteiger charge is 2.16. The standard InChI is InChI=1S/C7H4ClF3IN/c8-2-3-1-4(12)5(6(9)10)13-7(3)11/h1,6H,2H2. The van der Waals surface area contributed by atoms with Crippen molar-refractivity contribution in [3.05, 3.63) is 26.8 Å². The summed E-state index contributed by atoms with van der Waals surface area (Å²) in [6.45, 7) is 0. The minimum atomic E-state index is -2.76. The maximum atomic E-state index is 12.9. The Bertz CT molecular complexity index is 319. The molecule has 0 amide bonds. The van der Waals surface area contributed by atoms with Gasteiger partial charge in [-0.3, -0.25) is 0 Å². The summed E-state index contributed by atoms with van der Waals surface area (Å²) in [4.78, 5) is 3.13. The number of hydrogen-bond acceptors (Lipinski definition) is 1. The predicted octanol–water partition coefficient (Wildman–Crippen LogP) is 3.50. The molecule has 0 aliphatic rings. The van der Waals surface area contributed by atoms with Crippen molar-refractivity contribution in [2.24, 2.45) is 0 Å². The fourth-order valence-electron chi connectivity index (χ4n) is 0.764. The summed E-state index contributed by atoms with van der Waals surface area (Å²) in [7, 11) is 0. The van der Waals surface area contributed by atoms with Gasteiger partial charge in [-0.25, -0.2) is 13.8 Å². The largest absolute Gasteiger partial charge is 0.281 e. The Hall–Kier alpha value is -0.0400. The summed E-state index contributed by atoms with van der Waals surface area (Å²) in [6.07, 6.45) is -2.76. The molecule has 0 fully saturated rings. The van der Waals surface area contributed by atoms with Gasteiger partial charge >= 0.3 is 0 Å². The lowest BCUT2D eigenvalue weighted by Crippen LogP contribution is -2.01. The molecule has 0 unspecified atom stereocenters. The second-order valence-electron chi connectivity index (χ2n) is 2.24. The van der Waals surface area contributed by atoms with E-state index in [0.29, 0.717) is 0 Å². The molecule has 1 rings (SSSR count). The molecule has 1 aromatic rings. The van der Waals surface area contributed by atoms with Crippen molar-refractivity contribution in [3.8, 4) is 0 Å². The Balaban J connectivity index is 3.20. The SMILES string of the molecule is Fc1nc(C(F)F)c(I)cc1CCl. The quantitative estimate of drug-likeness (QED) is 0.461. The molecule has 1 aromatic heterocycles. The minimum absolute atomic E-state index is 0.0711. The van der Waals surface area contributed by atoms with Gasteiger partial charge in [0.25, 0.3) is 6.43 Å². The highest BCUT2D eigenvalue weighted by Crippen LogP contribution is 2.24. The molecule has 72 valence electrons. The van der Waals surface area contributed by atoms with Gasteiger partial charge in [0.1, 0.15) is 5.69 Å². The molecule has 1 nitrogen and oxygen atoms in total. The first kappa shape index (κ1) is 11.0. The second kappa shape index (κ2) is 4.45. The van der Waals surface area contributed by atoms with Crippen LogP contribution in [0.3, 0.4) is 0 Å². The van der Waals surface area contributed by atoms with Crippen LogP contribution in [0, 0.1) is 9.52 Å². The van der Waals surface area contributed by atoms with Crippen LogP contribution in [0.5, 0.6) is 0 Å². The Morgan fingerprint density at radius 2 is 2.15 bits per heavy atom. The van der Waals surface area contributed by atoms with E-state index < -0.39 is 18.1 Å². The van der Waals surface area contributed by atoms with Crippen LogP contribution in [0.15, 0.2) is 6.07 Å². The van der Waals surface area contributed by atoms with E-state index in [9.17, 15) is 13.2 Å². The highest BCUT2D eigenvalue weighted by atomic mass is 127. The van der Waals surface area contributed by atoms with Crippen LogP contribution < -0.4 is 0 Å². The maximum absolute atomic E-state index is 12.9. The van der Waals surface area contributed by atoms with Crippen molar-refractivity contribution in [3.63, 3.8) is 0 Å². The molecule has 0 bridgehead atoms. The van der Waals surface area contributed by atoms with Crippen molar-refractivity contribution >= 4 is 34.2 Å². The number of nitrogens with zero attached hydrogens (tertiary/aromatic N) is 1. The van der Waals surface area contributed by atoms with Gasteiger partial charge in [-0.1, -0.05) is 0 Å². The van der Waals surface area contributed by atoms with Gasteiger partial charge in [-0.05, 0) is 28.7 Å². The fourth-order valence-corrected chi connectivity index (χ4v) is 1.68. The molecule has 0 aliphatic heterocycles. The predicted molar refractivity (Wildman–Crippen MR) is 51.4 cm³/mol. The normalized spacial score (nSPS) is 10.9. The summed E-state index contributed by atoms with van der Waals surface area (Å²) < 4.78 is 37.4. The number of hydrogen-bond donors (Lipinski definition) is 0. The first-order valence-corrected chi connectivity index (χ1v) is 4.86. The molecule has 0 aliphatic carbocycles. The summed E-state index contributed by atoms with van der Waals surface area (Å²) >= 11 is 7.04. The van der Waals surface area contributed by atoms with E-state index in [4.69, 9.17) is 11.6 Å². The second-order valence-corrected chi connectivity index (χ2v) is 3.67. The lowest BCUT2D eigenvalue weighted by atomic mass is 10.3. The molecule has 0 spiro atoms. The van der Waals surface area contributed by atoms with Gasteiger partial charge in [-0.15, -0.1) is 11.6 Å². The van der Waals surface area contributed by atoms with Gasteiger partial charge in [0.15, 0.2) is 0 Å². The summed E-state index contributed by atoms with van der Waals surface area (Å²) in [5.41, 5.74) is -0.401. The van der Waals surface area contributed by atoms with Crippen LogP contribution in [0.4, 0.5) is 13.2 Å². The van der Waals surface area contributed by atoms with Gasteiger partial charge < -0.3 is 0 Å². The molecule has 0 N–H and O–H groups in total. The van der Waals surface area contributed by atoms with Crippen LogP contribution in [-0.2, 0) is 5.88 Å². The van der Waals surface area contributed by atoms with Crippen LogP contribution in [0.1, 0.15) is 17.7 Å². The first-order valence-electron chi connectivity index (χ1n) is 3.25. The number of halogens is 5. The van der Waals surface area contributed by atoms with Gasteiger partial charge in [0.2, 0.25) is 5.95 Å². The monoisotopic (exact) mass is 321 g/mol. The Morgan fingerprint density at radius 3 is 2.62 bits per heavy atom. The Labute approximate surface area is 91.4 Å². The third kappa shape index (κ3) is 2.46. The van der Waals surface area contributed by atoms with E-state index >= 15 is 0 Å². The van der Waals surface area contributed by atoms with E-state index in [-0.39, 0.29) is 15.0 Å². The Kier molecular flexibility index (Phi) is 3.78. The zero-order valence-corrected chi connectivity index (χ0v) is 9.11. The smallest absolute Gasteiger partial charge is 0.217 e. The van der Waals surface area contributed by atoms with Crippen LogP contribution in [0.2, 0.25) is 0 Å². The minimum Gasteiger partial charge on any atom is -0.217 e. The molecular formula is C7H4ClF3IN. The van der Waals surface area contributed by atoms with Crippen molar-refractivity contribution < 1.29 is 13.2 Å². The van der Waals surface area contributed by atoms with E-state index in [2.05, 4.69) is 4.98 Å². The molecular weight excluding hydrogens is 317 g/mol. The van der Waals surface area contributed by atoms with E-state index in [1.807, 2.05) is 0 Å². The molecule has 0 saturated heterocycles. The van der Waals surface area contributed by atoms with Crippen LogP contribution in [0.25, 0.3) is 0 Å². The molecule has 0 aromatic carbocycles. The van der Waals surface area contributed by atoms with Gasteiger partial charge in [0.05, 0.1) is 5.88 Å². The molecule has 1 heterocycles. The fraction of sp³-hybridized carbons (Fsp3) is 0.286. The zero-order chi connectivity index (χ0) is 10.0. The van der Waals surface area contributed by atoms with E-state index in [1.54, 1.807) is 22.6 Å². The number of rotatable bonds is 2. The highest BCUT2D eigenvalue weighted by molar-refractivity contribution is 14.1. The molecule has 0 saturated carbocycles. The summed E-state index contributed by atoms with van der Waals surface area (Å²) in [5.74, 6) is -0.996. The Morgan fingerprint density at radius 1 is 1.54 bits per heavy atom. The average molecular weight is 321 g/mol. The topological polar surface area (TPSA) is 12.9 Å². The number of aromatic nitrogens is 1. The van der Waals surface area contributed by atoms with Crippen LogP contribution in [-0.4, -0.2) is 4.98 Å².